The number of esters is 1. The summed E-state index contributed by atoms with van der Waals surface area (Å²) >= 11 is 0. The van der Waals surface area contributed by atoms with Gasteiger partial charge in [-0.25, -0.2) is 4.79 Å². The second kappa shape index (κ2) is 15.5. The van der Waals surface area contributed by atoms with Crippen LogP contribution in [-0.2, 0) is 43.4 Å². The number of nitrogens with zero attached hydrogens (tertiary/aromatic N) is 1. The fraction of sp³-hybridized carbons (Fsp3) is 0.312. The molecule has 0 bridgehead atoms. The van der Waals surface area contributed by atoms with Crippen LogP contribution in [0.15, 0.2) is 91.1 Å². The Morgan fingerprint density at radius 3 is 2.19 bits per heavy atom. The van der Waals surface area contributed by atoms with Crippen molar-refractivity contribution in [3.63, 3.8) is 0 Å². The highest BCUT2D eigenvalue weighted by molar-refractivity contribution is 7.37. The van der Waals surface area contributed by atoms with Gasteiger partial charge in [-0.3, -0.25) is 14.2 Å². The van der Waals surface area contributed by atoms with Gasteiger partial charge in [0.15, 0.2) is 0 Å². The number of carbonyl (C=O) groups excluding carboxylic acids is 2. The summed E-state index contributed by atoms with van der Waals surface area (Å²) in [5, 5.41) is 5.11. The molecule has 222 valence electrons. The molecule has 0 fully saturated rings. The number of fused-ring (bicyclic) bond motifs is 1. The molecule has 0 aliphatic rings. The number of benzene rings is 3. The molecule has 4 aromatic rings. The first kappa shape index (κ1) is 31.2. The van der Waals surface area contributed by atoms with Crippen LogP contribution >= 0.6 is 8.03 Å². The van der Waals surface area contributed by atoms with Gasteiger partial charge >= 0.3 is 5.97 Å². The molecule has 0 saturated heterocycles. The van der Waals surface area contributed by atoms with E-state index < -0.39 is 32.0 Å². The molecule has 3 N–H and O–H groups in total. The van der Waals surface area contributed by atoms with Gasteiger partial charge in [-0.15, -0.1) is 0 Å². The van der Waals surface area contributed by atoms with Crippen LogP contribution in [-0.4, -0.2) is 45.2 Å². The van der Waals surface area contributed by atoms with Gasteiger partial charge < -0.3 is 19.9 Å². The third-order valence-corrected chi connectivity index (χ3v) is 7.38. The van der Waals surface area contributed by atoms with E-state index in [1.807, 2.05) is 105 Å². The smallest absolute Gasteiger partial charge is 0.329 e. The summed E-state index contributed by atoms with van der Waals surface area (Å²) in [7, 11) is -3.02. The largest absolute Gasteiger partial charge is 0.459 e. The molecule has 0 radical (unpaired) electrons. The molecular weight excluding hydrogens is 553 g/mol. The average Bonchev–Trinajstić information content (AvgIpc) is 3.40. The Bertz CT molecular complexity index is 1460. The summed E-state index contributed by atoms with van der Waals surface area (Å²) in [4.78, 5) is 46.3. The monoisotopic (exact) mass is 591 g/mol. The van der Waals surface area contributed by atoms with Gasteiger partial charge in [0.2, 0.25) is 13.9 Å². The topological polar surface area (TPSA) is 121 Å². The lowest BCUT2D eigenvalue weighted by Crippen LogP contribution is -2.53. The zero-order chi connectivity index (χ0) is 29.9. The molecule has 1 aromatic heterocycles. The Morgan fingerprint density at radius 1 is 0.929 bits per heavy atom. The van der Waals surface area contributed by atoms with Gasteiger partial charge in [-0.1, -0.05) is 92.7 Å². The maximum absolute atomic E-state index is 13.9. The number of nitrogens with one attached hydrogen (secondary N) is 2. The maximum Gasteiger partial charge on any atom is 0.329 e. The quantitative estimate of drug-likeness (QED) is 0.0986. The van der Waals surface area contributed by atoms with Gasteiger partial charge in [0.25, 0.3) is 0 Å². The van der Waals surface area contributed by atoms with Crippen LogP contribution in [0, 0.1) is 5.92 Å². The lowest BCUT2D eigenvalue weighted by Gasteiger charge is -2.31. The lowest BCUT2D eigenvalue weighted by atomic mass is 10.0. The fourth-order valence-corrected chi connectivity index (χ4v) is 5.30. The molecule has 3 atom stereocenters. The van der Waals surface area contributed by atoms with Crippen LogP contribution in [0.3, 0.4) is 0 Å². The summed E-state index contributed by atoms with van der Waals surface area (Å²) < 4.78 is 17.6. The van der Waals surface area contributed by atoms with Crippen molar-refractivity contribution in [1.82, 2.24) is 15.4 Å². The highest BCUT2D eigenvalue weighted by atomic mass is 31.1. The molecule has 3 aromatic carbocycles. The molecule has 0 spiro atoms. The molecule has 1 heterocycles. The van der Waals surface area contributed by atoms with E-state index in [-0.39, 0.29) is 31.8 Å². The van der Waals surface area contributed by atoms with E-state index in [2.05, 4.69) is 10.3 Å². The molecular formula is C32H38N3O6P. The molecule has 0 aliphatic heterocycles. The molecule has 4 rings (SSSR count). The standard InChI is InChI=1S/C32H38N3O6P/c1-23(2)17-30(35(22-42(38)39)41-21-25-13-7-4-8-14-25)31(36)34-29(32(37)40-20-24-11-5-3-6-12-24)18-26-19-33-28-16-10-9-15-27(26)28/h3-16,19,23,29-30,33,42H,17-18,20-22H2,1-2H3,(H,34,36)(H,38,39)/t29-,30-/m0/s1. The van der Waals surface area contributed by atoms with Gasteiger partial charge in [-0.05, 0) is 35.1 Å². The number of rotatable bonds is 15. The van der Waals surface area contributed by atoms with E-state index in [1.54, 1.807) is 0 Å². The van der Waals surface area contributed by atoms with Crippen molar-refractivity contribution >= 4 is 30.8 Å². The Balaban J connectivity index is 1.57. The van der Waals surface area contributed by atoms with E-state index in [1.165, 1.54) is 5.06 Å². The Kier molecular flexibility index (Phi) is 11.5. The number of hydrogen-bond acceptors (Lipinski definition) is 6. The van der Waals surface area contributed by atoms with Crippen LogP contribution in [0.1, 0.15) is 37.0 Å². The van der Waals surface area contributed by atoms with E-state index in [9.17, 15) is 19.0 Å². The average molecular weight is 592 g/mol. The number of hydrogen-bond donors (Lipinski definition) is 3. The van der Waals surface area contributed by atoms with Crippen molar-refractivity contribution in [2.75, 3.05) is 6.29 Å². The molecule has 9 nitrogen and oxygen atoms in total. The van der Waals surface area contributed by atoms with Crippen molar-refractivity contribution in [3.8, 4) is 0 Å². The number of aromatic amines is 1. The number of para-hydroxylation sites is 1. The summed E-state index contributed by atoms with van der Waals surface area (Å²) in [6, 6.07) is 24.5. The van der Waals surface area contributed by atoms with Gasteiger partial charge in [-0.2, -0.15) is 5.06 Å². The van der Waals surface area contributed by atoms with E-state index in [4.69, 9.17) is 9.57 Å². The van der Waals surface area contributed by atoms with Crippen LogP contribution in [0.4, 0.5) is 0 Å². The Morgan fingerprint density at radius 2 is 1.55 bits per heavy atom. The van der Waals surface area contributed by atoms with E-state index in [0.29, 0.717) is 6.42 Å². The normalized spacial score (nSPS) is 13.6. The van der Waals surface area contributed by atoms with Crippen LogP contribution < -0.4 is 5.32 Å². The number of aromatic nitrogens is 1. The number of amides is 1. The highest BCUT2D eigenvalue weighted by Gasteiger charge is 2.33. The van der Waals surface area contributed by atoms with Gasteiger partial charge in [0.1, 0.15) is 18.7 Å². The number of H-pyrrole nitrogens is 1. The number of ether oxygens (including phenoxy) is 1. The minimum absolute atomic E-state index is 0.0571. The zero-order valence-corrected chi connectivity index (χ0v) is 24.9. The third-order valence-electron chi connectivity index (χ3n) is 6.80. The van der Waals surface area contributed by atoms with Crippen molar-refractivity contribution in [2.24, 2.45) is 5.92 Å². The van der Waals surface area contributed by atoms with Gasteiger partial charge in [0.05, 0.1) is 12.9 Å². The first-order valence-corrected chi connectivity index (χ1v) is 15.6. The second-order valence-electron chi connectivity index (χ2n) is 10.6. The first-order chi connectivity index (χ1) is 20.3. The second-order valence-corrected chi connectivity index (χ2v) is 11.7. The van der Waals surface area contributed by atoms with E-state index in [0.717, 1.165) is 27.6 Å². The van der Waals surface area contributed by atoms with Crippen molar-refractivity contribution in [1.29, 1.82) is 0 Å². The summed E-state index contributed by atoms with van der Waals surface area (Å²) in [5.74, 6) is -1.00. The Labute approximate surface area is 246 Å². The summed E-state index contributed by atoms with van der Waals surface area (Å²) in [6.07, 6.45) is 2.04. The van der Waals surface area contributed by atoms with Crippen LogP contribution in [0.25, 0.3) is 10.9 Å². The minimum Gasteiger partial charge on any atom is -0.459 e. The van der Waals surface area contributed by atoms with Crippen LogP contribution in [0.5, 0.6) is 0 Å². The van der Waals surface area contributed by atoms with Crippen molar-refractivity contribution in [2.45, 2.75) is 52.0 Å². The van der Waals surface area contributed by atoms with Crippen molar-refractivity contribution < 1.29 is 28.6 Å². The van der Waals surface area contributed by atoms with Crippen molar-refractivity contribution in [3.05, 3.63) is 108 Å². The predicted octanol–water partition coefficient (Wildman–Crippen LogP) is 5.21. The zero-order valence-electron chi connectivity index (χ0n) is 23.9. The summed E-state index contributed by atoms with van der Waals surface area (Å²) in [5.41, 5.74) is 3.45. The molecule has 1 amide bonds. The van der Waals surface area contributed by atoms with Gasteiger partial charge in [0, 0.05) is 23.5 Å². The Hall–Kier alpha value is -3.75. The molecule has 10 heteroatoms. The molecule has 1 unspecified atom stereocenters. The number of carbonyl (C=O) groups is 2. The summed E-state index contributed by atoms with van der Waals surface area (Å²) in [6.45, 7) is 4.09. The molecule has 0 saturated carbocycles. The fourth-order valence-electron chi connectivity index (χ4n) is 4.72. The number of hydroxylamine groups is 2. The predicted molar refractivity (Wildman–Crippen MR) is 163 cm³/mol. The van der Waals surface area contributed by atoms with Crippen LogP contribution in [0.2, 0.25) is 0 Å². The maximum atomic E-state index is 13.9. The molecule has 42 heavy (non-hydrogen) atoms. The SMILES string of the molecule is CC(C)C[C@@H](C(=O)N[C@@H](Cc1c[nH]c2ccccc12)C(=O)OCc1ccccc1)N(C[PH](=O)O)OCc1ccccc1. The highest BCUT2D eigenvalue weighted by Crippen LogP contribution is 2.24. The minimum atomic E-state index is -3.02. The third kappa shape index (κ3) is 9.13. The lowest BCUT2D eigenvalue weighted by molar-refractivity contribution is -0.193. The first-order valence-electron chi connectivity index (χ1n) is 14.0. The molecule has 0 aliphatic carbocycles. The van der Waals surface area contributed by atoms with E-state index >= 15 is 0 Å².